The minimum atomic E-state index is -0.190. The van der Waals surface area contributed by atoms with Gasteiger partial charge in [-0.05, 0) is 45.4 Å². The van der Waals surface area contributed by atoms with Crippen molar-refractivity contribution in [3.05, 3.63) is 18.2 Å². The van der Waals surface area contributed by atoms with Crippen LogP contribution in [0.5, 0.6) is 11.5 Å². The molecule has 0 radical (unpaired) electrons. The number of amides is 2. The second kappa shape index (κ2) is 10.7. The second-order valence-corrected chi connectivity index (χ2v) is 8.36. The summed E-state index contributed by atoms with van der Waals surface area (Å²) in [5.74, 6) is 3.31. The molecule has 2 aliphatic heterocycles. The molecule has 7 nitrogen and oxygen atoms in total. The largest absolute Gasteiger partial charge is 0.494 e. The Morgan fingerprint density at radius 1 is 1.14 bits per heavy atom. The number of thioether (sulfide) groups is 1. The molecule has 0 bridgehead atoms. The first kappa shape index (κ1) is 21.8. The topological polar surface area (TPSA) is 71.1 Å². The highest BCUT2D eigenvalue weighted by Gasteiger charge is 2.35. The third-order valence-electron chi connectivity index (χ3n) is 5.15. The quantitative estimate of drug-likeness (QED) is 0.695. The summed E-state index contributed by atoms with van der Waals surface area (Å²) in [5, 5.41) is 2.95. The fourth-order valence-electron chi connectivity index (χ4n) is 3.81. The molecule has 1 unspecified atom stereocenters. The lowest BCUT2D eigenvalue weighted by Crippen LogP contribution is -2.49. The number of carbonyl (C=O) groups is 2. The van der Waals surface area contributed by atoms with Crippen molar-refractivity contribution < 1.29 is 19.1 Å². The normalized spacial score (nSPS) is 19.8. The average Bonchev–Trinajstić information content (AvgIpc) is 3.18. The molecule has 2 amide bonds. The van der Waals surface area contributed by atoms with Crippen molar-refractivity contribution in [3.63, 3.8) is 0 Å². The molecule has 3 rings (SSSR count). The highest BCUT2D eigenvalue weighted by atomic mass is 32.2. The van der Waals surface area contributed by atoms with Gasteiger partial charge in [-0.3, -0.25) is 14.5 Å². The summed E-state index contributed by atoms with van der Waals surface area (Å²) in [6.45, 7) is 7.46. The number of likely N-dealkylation sites (tertiary alicyclic amines) is 1. The smallest absolute Gasteiger partial charge is 0.239 e. The lowest BCUT2D eigenvalue weighted by atomic mass is 10.2. The van der Waals surface area contributed by atoms with Crippen LogP contribution in [0, 0.1) is 0 Å². The van der Waals surface area contributed by atoms with Crippen molar-refractivity contribution in [1.82, 2.24) is 9.80 Å². The van der Waals surface area contributed by atoms with E-state index in [-0.39, 0.29) is 24.4 Å². The molecule has 160 valence electrons. The molecule has 8 heteroatoms. The summed E-state index contributed by atoms with van der Waals surface area (Å²) in [5.41, 5.74) is 0.595. The van der Waals surface area contributed by atoms with Crippen molar-refractivity contribution in [3.8, 4) is 11.5 Å². The molecule has 2 saturated heterocycles. The van der Waals surface area contributed by atoms with Gasteiger partial charge in [0.15, 0.2) is 0 Å². The number of hydrogen-bond acceptors (Lipinski definition) is 6. The standard InChI is InChI=1S/C21H31N3O4S/c1-3-27-16-7-8-19(28-4-2)17(14-16)22-20(25)15-24-9-5-6-18(24)21(26)23-10-12-29-13-11-23/h7-8,14,18H,3-6,9-13,15H2,1-2H3,(H,22,25). The van der Waals surface area contributed by atoms with Crippen molar-refractivity contribution in [2.75, 3.05) is 56.2 Å². The van der Waals surface area contributed by atoms with Gasteiger partial charge in [0.25, 0.3) is 0 Å². The van der Waals surface area contributed by atoms with Crippen LogP contribution in [0.2, 0.25) is 0 Å². The zero-order valence-corrected chi connectivity index (χ0v) is 18.1. The van der Waals surface area contributed by atoms with Gasteiger partial charge in [-0.25, -0.2) is 0 Å². The Morgan fingerprint density at radius 2 is 1.90 bits per heavy atom. The molecule has 0 spiro atoms. The number of benzene rings is 1. The molecule has 2 heterocycles. The number of anilines is 1. The van der Waals surface area contributed by atoms with Crippen LogP contribution in [0.1, 0.15) is 26.7 Å². The first-order chi connectivity index (χ1) is 14.1. The average molecular weight is 422 g/mol. The van der Waals surface area contributed by atoms with Crippen LogP contribution in [0.4, 0.5) is 5.69 Å². The summed E-state index contributed by atoms with van der Waals surface area (Å²) in [4.78, 5) is 29.6. The van der Waals surface area contributed by atoms with Crippen LogP contribution in [-0.4, -0.2) is 78.6 Å². The van der Waals surface area contributed by atoms with E-state index in [9.17, 15) is 9.59 Å². The molecule has 0 aliphatic carbocycles. The molecule has 2 fully saturated rings. The maximum Gasteiger partial charge on any atom is 0.239 e. The van der Waals surface area contributed by atoms with E-state index < -0.39 is 0 Å². The highest BCUT2D eigenvalue weighted by molar-refractivity contribution is 7.99. The maximum absolute atomic E-state index is 12.9. The summed E-state index contributed by atoms with van der Waals surface area (Å²) >= 11 is 1.89. The third kappa shape index (κ3) is 5.79. The third-order valence-corrected chi connectivity index (χ3v) is 6.10. The van der Waals surface area contributed by atoms with Crippen molar-refractivity contribution >= 4 is 29.3 Å². The van der Waals surface area contributed by atoms with Crippen LogP contribution in [0.15, 0.2) is 18.2 Å². The Balaban J connectivity index is 1.63. The number of ether oxygens (including phenoxy) is 2. The van der Waals surface area contributed by atoms with E-state index >= 15 is 0 Å². The van der Waals surface area contributed by atoms with Crippen LogP contribution < -0.4 is 14.8 Å². The van der Waals surface area contributed by atoms with Crippen LogP contribution in [-0.2, 0) is 9.59 Å². The van der Waals surface area contributed by atoms with E-state index in [0.29, 0.717) is 30.4 Å². The van der Waals surface area contributed by atoms with Gasteiger partial charge in [0.2, 0.25) is 11.8 Å². The molecule has 0 aromatic heterocycles. The fraction of sp³-hybridized carbons (Fsp3) is 0.619. The molecular formula is C21H31N3O4S. The molecule has 1 aromatic rings. The van der Waals surface area contributed by atoms with Gasteiger partial charge in [0.1, 0.15) is 11.5 Å². The molecule has 2 aliphatic rings. The zero-order chi connectivity index (χ0) is 20.6. The Labute approximate surface area is 177 Å². The van der Waals surface area contributed by atoms with Gasteiger partial charge in [-0.1, -0.05) is 0 Å². The first-order valence-electron chi connectivity index (χ1n) is 10.4. The first-order valence-corrected chi connectivity index (χ1v) is 11.6. The number of hydrogen-bond donors (Lipinski definition) is 1. The van der Waals surface area contributed by atoms with Gasteiger partial charge in [-0.15, -0.1) is 0 Å². The lowest BCUT2D eigenvalue weighted by molar-refractivity contribution is -0.136. The number of rotatable bonds is 8. The molecular weight excluding hydrogens is 390 g/mol. The van der Waals surface area contributed by atoms with Crippen molar-refractivity contribution in [2.24, 2.45) is 0 Å². The predicted octanol–water partition coefficient (Wildman–Crippen LogP) is 2.46. The van der Waals surface area contributed by atoms with Crippen LogP contribution in [0.3, 0.4) is 0 Å². The predicted molar refractivity (Wildman–Crippen MR) is 116 cm³/mol. The minimum Gasteiger partial charge on any atom is -0.494 e. The summed E-state index contributed by atoms with van der Waals surface area (Å²) in [7, 11) is 0. The highest BCUT2D eigenvalue weighted by Crippen LogP contribution is 2.30. The van der Waals surface area contributed by atoms with Crippen LogP contribution in [0.25, 0.3) is 0 Å². The van der Waals surface area contributed by atoms with Crippen LogP contribution >= 0.6 is 11.8 Å². The molecule has 1 atom stereocenters. The van der Waals surface area contributed by atoms with Gasteiger partial charge in [-0.2, -0.15) is 11.8 Å². The summed E-state index contributed by atoms with van der Waals surface area (Å²) < 4.78 is 11.2. The lowest BCUT2D eigenvalue weighted by Gasteiger charge is -2.32. The zero-order valence-electron chi connectivity index (χ0n) is 17.3. The van der Waals surface area contributed by atoms with E-state index in [4.69, 9.17) is 9.47 Å². The maximum atomic E-state index is 12.9. The summed E-state index contributed by atoms with van der Waals surface area (Å²) in [6.07, 6.45) is 1.76. The van der Waals surface area contributed by atoms with Gasteiger partial charge in [0, 0.05) is 30.7 Å². The number of carbonyl (C=O) groups excluding carboxylic acids is 2. The Kier molecular flexibility index (Phi) is 8.06. The number of nitrogens with one attached hydrogen (secondary N) is 1. The van der Waals surface area contributed by atoms with E-state index in [1.165, 1.54) is 0 Å². The SMILES string of the molecule is CCOc1ccc(OCC)c(NC(=O)CN2CCCC2C(=O)N2CCSCC2)c1. The molecule has 0 saturated carbocycles. The number of nitrogens with zero attached hydrogens (tertiary/aromatic N) is 2. The summed E-state index contributed by atoms with van der Waals surface area (Å²) in [6, 6.07) is 5.23. The van der Waals surface area contributed by atoms with E-state index in [2.05, 4.69) is 5.32 Å². The fourth-order valence-corrected chi connectivity index (χ4v) is 4.71. The molecule has 1 N–H and O–H groups in total. The van der Waals surface area contributed by atoms with E-state index in [0.717, 1.165) is 44.0 Å². The Hall–Kier alpha value is -1.93. The minimum absolute atomic E-state index is 0.145. The molecule has 1 aromatic carbocycles. The second-order valence-electron chi connectivity index (χ2n) is 7.14. The van der Waals surface area contributed by atoms with Gasteiger partial charge >= 0.3 is 0 Å². The van der Waals surface area contributed by atoms with Gasteiger partial charge < -0.3 is 19.7 Å². The van der Waals surface area contributed by atoms with Gasteiger partial charge in [0.05, 0.1) is 31.5 Å². The Bertz CT molecular complexity index is 709. The monoisotopic (exact) mass is 421 g/mol. The van der Waals surface area contributed by atoms with Crippen molar-refractivity contribution in [2.45, 2.75) is 32.7 Å². The van der Waals surface area contributed by atoms with Crippen molar-refractivity contribution in [1.29, 1.82) is 0 Å². The molecule has 29 heavy (non-hydrogen) atoms. The van der Waals surface area contributed by atoms with E-state index in [1.807, 2.05) is 41.5 Å². The van der Waals surface area contributed by atoms with E-state index in [1.54, 1.807) is 12.1 Å². The Morgan fingerprint density at radius 3 is 2.62 bits per heavy atom.